The van der Waals surface area contributed by atoms with Gasteiger partial charge < -0.3 is 5.32 Å². The van der Waals surface area contributed by atoms with E-state index in [9.17, 15) is 13.2 Å². The van der Waals surface area contributed by atoms with Crippen LogP contribution >= 0.6 is 11.3 Å². The number of aryl methyl sites for hydroxylation is 1. The molecule has 0 bridgehead atoms. The third-order valence-corrected chi connectivity index (χ3v) is 4.33. The Morgan fingerprint density at radius 1 is 1.14 bits per heavy atom. The lowest BCUT2D eigenvalue weighted by Gasteiger charge is -2.21. The fourth-order valence-electron chi connectivity index (χ4n) is 2.28. The SMILES string of the molecule is CCc1ccsc1CNC(CC(F)(F)F)c1ccccc1. The van der Waals surface area contributed by atoms with E-state index in [1.54, 1.807) is 35.6 Å². The second-order valence-electron chi connectivity index (χ2n) is 4.89. The van der Waals surface area contributed by atoms with Crippen LogP contribution in [0.2, 0.25) is 0 Å². The molecule has 1 heterocycles. The molecule has 0 spiro atoms. The quantitative estimate of drug-likeness (QED) is 0.783. The molecule has 0 amide bonds. The summed E-state index contributed by atoms with van der Waals surface area (Å²) in [6.07, 6.45) is -4.14. The summed E-state index contributed by atoms with van der Waals surface area (Å²) in [5.74, 6) is 0. The number of hydrogen-bond acceptors (Lipinski definition) is 2. The molecular formula is C16H18F3NS. The summed E-state index contributed by atoms with van der Waals surface area (Å²) < 4.78 is 38.3. The molecule has 5 heteroatoms. The zero-order valence-electron chi connectivity index (χ0n) is 11.8. The summed E-state index contributed by atoms with van der Waals surface area (Å²) >= 11 is 1.59. The van der Waals surface area contributed by atoms with Gasteiger partial charge in [0.05, 0.1) is 6.42 Å². The number of hydrogen-bond donors (Lipinski definition) is 1. The molecule has 0 aliphatic heterocycles. The topological polar surface area (TPSA) is 12.0 Å². The standard InChI is InChI=1S/C16H18F3NS/c1-2-12-8-9-21-15(12)11-20-14(10-16(17,18)19)13-6-4-3-5-7-13/h3-9,14,20H,2,10-11H2,1H3. The van der Waals surface area contributed by atoms with Crippen LogP contribution in [0.4, 0.5) is 13.2 Å². The fourth-order valence-corrected chi connectivity index (χ4v) is 3.20. The van der Waals surface area contributed by atoms with Crippen molar-refractivity contribution in [3.05, 3.63) is 57.8 Å². The van der Waals surface area contributed by atoms with Crippen molar-refractivity contribution in [1.82, 2.24) is 5.32 Å². The van der Waals surface area contributed by atoms with Gasteiger partial charge in [0.15, 0.2) is 0 Å². The fraction of sp³-hybridized carbons (Fsp3) is 0.375. The first-order valence-corrected chi connectivity index (χ1v) is 7.78. The molecule has 114 valence electrons. The van der Waals surface area contributed by atoms with Crippen molar-refractivity contribution in [1.29, 1.82) is 0 Å². The predicted molar refractivity (Wildman–Crippen MR) is 80.4 cm³/mol. The van der Waals surface area contributed by atoms with E-state index in [-0.39, 0.29) is 0 Å². The third kappa shape index (κ3) is 4.86. The molecule has 2 aromatic rings. The second-order valence-corrected chi connectivity index (χ2v) is 5.89. The third-order valence-electron chi connectivity index (χ3n) is 3.37. The Kier molecular flexibility index (Phi) is 5.42. The van der Waals surface area contributed by atoms with Gasteiger partial charge in [-0.1, -0.05) is 37.3 Å². The van der Waals surface area contributed by atoms with E-state index in [1.807, 2.05) is 17.5 Å². The molecule has 1 aromatic carbocycles. The Labute approximate surface area is 126 Å². The molecular weight excluding hydrogens is 295 g/mol. The van der Waals surface area contributed by atoms with Gasteiger partial charge in [0.2, 0.25) is 0 Å². The molecule has 1 nitrogen and oxygen atoms in total. The Morgan fingerprint density at radius 2 is 1.86 bits per heavy atom. The first-order chi connectivity index (χ1) is 9.99. The van der Waals surface area contributed by atoms with Gasteiger partial charge in [-0.25, -0.2) is 0 Å². The van der Waals surface area contributed by atoms with Crippen LogP contribution in [0.1, 0.15) is 35.4 Å². The van der Waals surface area contributed by atoms with Crippen LogP contribution in [0.5, 0.6) is 0 Å². The number of thiophene rings is 1. The maximum Gasteiger partial charge on any atom is 0.390 e. The van der Waals surface area contributed by atoms with E-state index < -0.39 is 18.6 Å². The van der Waals surface area contributed by atoms with Crippen molar-refractivity contribution >= 4 is 11.3 Å². The second kappa shape index (κ2) is 7.09. The summed E-state index contributed by atoms with van der Waals surface area (Å²) in [5, 5.41) is 5.04. The molecule has 21 heavy (non-hydrogen) atoms. The highest BCUT2D eigenvalue weighted by atomic mass is 32.1. The molecule has 0 saturated carbocycles. The molecule has 1 unspecified atom stereocenters. The van der Waals surface area contributed by atoms with Gasteiger partial charge in [-0.3, -0.25) is 0 Å². The Balaban J connectivity index is 2.09. The predicted octanol–water partition coefficient (Wildman–Crippen LogP) is 5.09. The van der Waals surface area contributed by atoms with Crippen molar-refractivity contribution in [3.63, 3.8) is 0 Å². The first-order valence-electron chi connectivity index (χ1n) is 6.90. The van der Waals surface area contributed by atoms with Crippen LogP contribution in [-0.2, 0) is 13.0 Å². The molecule has 1 atom stereocenters. The zero-order chi connectivity index (χ0) is 15.3. The van der Waals surface area contributed by atoms with E-state index in [0.29, 0.717) is 12.1 Å². The van der Waals surface area contributed by atoms with Gasteiger partial charge in [-0.15, -0.1) is 11.3 Å². The van der Waals surface area contributed by atoms with E-state index in [0.717, 1.165) is 11.3 Å². The highest BCUT2D eigenvalue weighted by Crippen LogP contribution is 2.30. The van der Waals surface area contributed by atoms with E-state index >= 15 is 0 Å². The van der Waals surface area contributed by atoms with Crippen LogP contribution in [-0.4, -0.2) is 6.18 Å². The zero-order valence-corrected chi connectivity index (χ0v) is 12.6. The van der Waals surface area contributed by atoms with Gasteiger partial charge in [0.25, 0.3) is 0 Å². The minimum atomic E-state index is -4.18. The number of rotatable bonds is 6. The molecule has 0 saturated heterocycles. The van der Waals surface area contributed by atoms with Crippen molar-refractivity contribution in [2.24, 2.45) is 0 Å². The Hall–Kier alpha value is -1.33. The van der Waals surface area contributed by atoms with Gasteiger partial charge >= 0.3 is 6.18 Å². The van der Waals surface area contributed by atoms with Gasteiger partial charge in [-0.05, 0) is 29.0 Å². The molecule has 1 N–H and O–H groups in total. The Bertz CT molecular complexity index is 548. The minimum Gasteiger partial charge on any atom is -0.305 e. The highest BCUT2D eigenvalue weighted by molar-refractivity contribution is 7.10. The van der Waals surface area contributed by atoms with Crippen molar-refractivity contribution in [2.45, 2.75) is 38.5 Å². The normalized spacial score (nSPS) is 13.3. The summed E-state index contributed by atoms with van der Waals surface area (Å²) in [6, 6.07) is 10.1. The average Bonchev–Trinajstić information content (AvgIpc) is 2.90. The largest absolute Gasteiger partial charge is 0.390 e. The van der Waals surface area contributed by atoms with Gasteiger partial charge in [0, 0.05) is 17.5 Å². The molecule has 0 aliphatic rings. The van der Waals surface area contributed by atoms with Crippen LogP contribution in [0.25, 0.3) is 0 Å². The minimum absolute atomic E-state index is 0.469. The molecule has 2 rings (SSSR count). The van der Waals surface area contributed by atoms with Crippen LogP contribution < -0.4 is 5.32 Å². The van der Waals surface area contributed by atoms with Crippen molar-refractivity contribution in [3.8, 4) is 0 Å². The smallest absolute Gasteiger partial charge is 0.305 e. The molecule has 1 aromatic heterocycles. The van der Waals surface area contributed by atoms with Gasteiger partial charge in [-0.2, -0.15) is 13.2 Å². The average molecular weight is 313 g/mol. The number of halogens is 3. The molecule has 0 fully saturated rings. The van der Waals surface area contributed by atoms with E-state index in [4.69, 9.17) is 0 Å². The van der Waals surface area contributed by atoms with Crippen LogP contribution in [0, 0.1) is 0 Å². The summed E-state index contributed by atoms with van der Waals surface area (Å²) in [7, 11) is 0. The van der Waals surface area contributed by atoms with E-state index in [2.05, 4.69) is 12.2 Å². The van der Waals surface area contributed by atoms with Crippen molar-refractivity contribution < 1.29 is 13.2 Å². The van der Waals surface area contributed by atoms with Crippen LogP contribution in [0.3, 0.4) is 0 Å². The maximum atomic E-state index is 12.8. The monoisotopic (exact) mass is 313 g/mol. The Morgan fingerprint density at radius 3 is 2.48 bits per heavy atom. The van der Waals surface area contributed by atoms with Crippen molar-refractivity contribution in [2.75, 3.05) is 0 Å². The first kappa shape index (κ1) is 16.0. The van der Waals surface area contributed by atoms with E-state index in [1.165, 1.54) is 5.56 Å². The summed E-state index contributed by atoms with van der Waals surface area (Å²) in [4.78, 5) is 1.11. The summed E-state index contributed by atoms with van der Waals surface area (Å²) in [6.45, 7) is 2.52. The van der Waals surface area contributed by atoms with Gasteiger partial charge in [0.1, 0.15) is 0 Å². The lowest BCUT2D eigenvalue weighted by atomic mass is 10.0. The molecule has 0 aliphatic carbocycles. The maximum absolute atomic E-state index is 12.8. The lowest BCUT2D eigenvalue weighted by molar-refractivity contribution is -0.140. The number of alkyl halides is 3. The number of benzene rings is 1. The summed E-state index contributed by atoms with van der Waals surface area (Å²) in [5.41, 5.74) is 1.87. The number of nitrogens with one attached hydrogen (secondary N) is 1. The van der Waals surface area contributed by atoms with Crippen LogP contribution in [0.15, 0.2) is 41.8 Å². The highest BCUT2D eigenvalue weighted by Gasteiger charge is 2.32. The lowest BCUT2D eigenvalue weighted by Crippen LogP contribution is -2.26. The molecule has 0 radical (unpaired) electrons.